The highest BCUT2D eigenvalue weighted by molar-refractivity contribution is 5.86. The molecule has 0 saturated carbocycles. The van der Waals surface area contributed by atoms with E-state index in [1.807, 2.05) is 6.92 Å². The molecule has 7 heteroatoms. The van der Waals surface area contributed by atoms with Crippen molar-refractivity contribution in [2.45, 2.75) is 26.3 Å². The number of aromatic nitrogens is 3. The van der Waals surface area contributed by atoms with Gasteiger partial charge in [0.1, 0.15) is 6.54 Å². The fourth-order valence-corrected chi connectivity index (χ4v) is 1.33. The first-order chi connectivity index (χ1) is 7.60. The molecule has 0 aliphatic heterocycles. The first-order valence-electron chi connectivity index (χ1n) is 4.96. The van der Waals surface area contributed by atoms with Crippen molar-refractivity contribution >= 4 is 11.9 Å². The lowest BCUT2D eigenvalue weighted by Crippen LogP contribution is -2.25. The van der Waals surface area contributed by atoms with Crippen molar-refractivity contribution in [1.82, 2.24) is 20.3 Å². The normalized spacial score (nSPS) is 10.1. The van der Waals surface area contributed by atoms with E-state index in [1.54, 1.807) is 0 Å². The van der Waals surface area contributed by atoms with E-state index < -0.39 is 5.97 Å². The van der Waals surface area contributed by atoms with Gasteiger partial charge in [0.25, 0.3) is 0 Å². The Morgan fingerprint density at radius 3 is 2.69 bits per heavy atom. The van der Waals surface area contributed by atoms with Crippen molar-refractivity contribution in [3.05, 3.63) is 11.4 Å². The molecule has 0 aliphatic carbocycles. The molecule has 0 atom stereocenters. The molecule has 0 aliphatic rings. The molecular formula is C9H14N4O3. The number of carbonyl (C=O) groups is 2. The summed E-state index contributed by atoms with van der Waals surface area (Å²) in [6.45, 7) is 1.91. The van der Waals surface area contributed by atoms with Crippen LogP contribution in [0.5, 0.6) is 0 Å². The molecule has 0 unspecified atom stereocenters. The summed E-state index contributed by atoms with van der Waals surface area (Å²) in [5.41, 5.74) is 0.407. The monoisotopic (exact) mass is 226 g/mol. The highest BCUT2D eigenvalue weighted by Crippen LogP contribution is 2.08. The van der Waals surface area contributed by atoms with E-state index in [0.29, 0.717) is 12.1 Å². The maximum Gasteiger partial charge on any atom is 0.358 e. The van der Waals surface area contributed by atoms with Crippen molar-refractivity contribution in [2.75, 3.05) is 7.05 Å². The van der Waals surface area contributed by atoms with Gasteiger partial charge in [-0.2, -0.15) is 0 Å². The summed E-state index contributed by atoms with van der Waals surface area (Å²) >= 11 is 0. The van der Waals surface area contributed by atoms with Crippen molar-refractivity contribution in [3.63, 3.8) is 0 Å². The summed E-state index contributed by atoms with van der Waals surface area (Å²) in [7, 11) is 1.51. The SMILES string of the molecule is CCCc1c(C(=O)O)nnn1CC(=O)NC. The van der Waals surface area contributed by atoms with Gasteiger partial charge in [0.05, 0.1) is 5.69 Å². The van der Waals surface area contributed by atoms with E-state index in [2.05, 4.69) is 15.6 Å². The van der Waals surface area contributed by atoms with E-state index in [1.165, 1.54) is 11.7 Å². The zero-order chi connectivity index (χ0) is 12.1. The number of nitrogens with one attached hydrogen (secondary N) is 1. The minimum atomic E-state index is -1.12. The van der Waals surface area contributed by atoms with E-state index in [0.717, 1.165) is 6.42 Å². The number of hydrogen-bond acceptors (Lipinski definition) is 4. The number of aromatic carboxylic acids is 1. The number of rotatable bonds is 5. The first-order valence-corrected chi connectivity index (χ1v) is 4.96. The van der Waals surface area contributed by atoms with Gasteiger partial charge in [-0.15, -0.1) is 5.10 Å². The van der Waals surface area contributed by atoms with Crippen LogP contribution in [0.2, 0.25) is 0 Å². The van der Waals surface area contributed by atoms with Crippen LogP contribution in [0.25, 0.3) is 0 Å². The molecule has 0 aromatic carbocycles. The number of carbonyl (C=O) groups excluding carboxylic acids is 1. The van der Waals surface area contributed by atoms with Gasteiger partial charge in [0.2, 0.25) is 5.91 Å². The Morgan fingerprint density at radius 2 is 2.19 bits per heavy atom. The number of carboxylic acid groups (broad SMARTS) is 1. The second kappa shape index (κ2) is 5.24. The Hall–Kier alpha value is -1.92. The standard InChI is InChI=1S/C9H14N4O3/c1-3-4-6-8(9(15)16)11-12-13(6)5-7(14)10-2/h3-5H2,1-2H3,(H,10,14)(H,15,16). The molecule has 0 saturated heterocycles. The average molecular weight is 226 g/mol. The second-order valence-corrected chi connectivity index (χ2v) is 3.27. The lowest BCUT2D eigenvalue weighted by atomic mass is 10.2. The quantitative estimate of drug-likeness (QED) is 0.716. The summed E-state index contributed by atoms with van der Waals surface area (Å²) < 4.78 is 1.33. The summed E-state index contributed by atoms with van der Waals surface area (Å²) in [5.74, 6) is -1.36. The molecule has 0 bridgehead atoms. The number of hydrogen-bond donors (Lipinski definition) is 2. The maximum absolute atomic E-state index is 11.2. The fraction of sp³-hybridized carbons (Fsp3) is 0.556. The van der Waals surface area contributed by atoms with Gasteiger partial charge in [0, 0.05) is 7.05 Å². The number of amides is 1. The van der Waals surface area contributed by atoms with Gasteiger partial charge in [-0.1, -0.05) is 18.6 Å². The highest BCUT2D eigenvalue weighted by Gasteiger charge is 2.18. The Balaban J connectivity index is 2.99. The van der Waals surface area contributed by atoms with Gasteiger partial charge in [-0.3, -0.25) is 4.79 Å². The van der Waals surface area contributed by atoms with Crippen molar-refractivity contribution in [1.29, 1.82) is 0 Å². The van der Waals surface area contributed by atoms with Crippen molar-refractivity contribution in [3.8, 4) is 0 Å². The van der Waals surface area contributed by atoms with Crippen molar-refractivity contribution in [2.24, 2.45) is 0 Å². The minimum Gasteiger partial charge on any atom is -0.476 e. The van der Waals surface area contributed by atoms with Gasteiger partial charge in [-0.05, 0) is 6.42 Å². The number of nitrogens with zero attached hydrogens (tertiary/aromatic N) is 3. The lowest BCUT2D eigenvalue weighted by Gasteiger charge is -2.04. The van der Waals surface area contributed by atoms with Crippen LogP contribution in [-0.2, 0) is 17.8 Å². The second-order valence-electron chi connectivity index (χ2n) is 3.27. The number of carboxylic acids is 1. The van der Waals surface area contributed by atoms with E-state index >= 15 is 0 Å². The molecule has 1 heterocycles. The largest absolute Gasteiger partial charge is 0.476 e. The number of likely N-dealkylation sites (N-methyl/N-ethyl adjacent to an activating group) is 1. The molecule has 88 valence electrons. The average Bonchev–Trinajstić information content (AvgIpc) is 2.62. The van der Waals surface area contributed by atoms with Crippen LogP contribution >= 0.6 is 0 Å². The molecule has 0 fully saturated rings. The molecule has 1 rings (SSSR count). The van der Waals surface area contributed by atoms with Crippen LogP contribution in [0.4, 0.5) is 0 Å². The minimum absolute atomic E-state index is 0.00782. The smallest absolute Gasteiger partial charge is 0.358 e. The topological polar surface area (TPSA) is 97.1 Å². The third-order valence-corrected chi connectivity index (χ3v) is 2.10. The Bertz CT molecular complexity index is 399. The first kappa shape index (κ1) is 12.2. The van der Waals surface area contributed by atoms with Crippen molar-refractivity contribution < 1.29 is 14.7 Å². The third kappa shape index (κ3) is 2.56. The molecule has 2 N–H and O–H groups in total. The molecular weight excluding hydrogens is 212 g/mol. The summed E-state index contributed by atoms with van der Waals surface area (Å²) in [4.78, 5) is 22.0. The van der Waals surface area contributed by atoms with Gasteiger partial charge >= 0.3 is 5.97 Å². The Morgan fingerprint density at radius 1 is 1.50 bits per heavy atom. The van der Waals surface area contributed by atoms with Gasteiger partial charge in [0.15, 0.2) is 5.69 Å². The van der Waals surface area contributed by atoms with E-state index in [4.69, 9.17) is 5.11 Å². The molecule has 1 aromatic rings. The highest BCUT2D eigenvalue weighted by atomic mass is 16.4. The summed E-state index contributed by atoms with van der Waals surface area (Å²) in [6.07, 6.45) is 1.30. The Kier molecular flexibility index (Phi) is 3.98. The van der Waals surface area contributed by atoms with Crippen LogP contribution in [0.15, 0.2) is 0 Å². The van der Waals surface area contributed by atoms with Crippen LogP contribution in [0, 0.1) is 0 Å². The molecule has 16 heavy (non-hydrogen) atoms. The summed E-state index contributed by atoms with van der Waals surface area (Å²) in [6, 6.07) is 0. The van der Waals surface area contributed by atoms with E-state index in [9.17, 15) is 9.59 Å². The predicted octanol–water partition coefficient (Wildman–Crippen LogP) is -0.325. The lowest BCUT2D eigenvalue weighted by molar-refractivity contribution is -0.121. The predicted molar refractivity (Wildman–Crippen MR) is 55.0 cm³/mol. The van der Waals surface area contributed by atoms with Crippen LogP contribution in [0.3, 0.4) is 0 Å². The molecule has 0 spiro atoms. The van der Waals surface area contributed by atoms with Gasteiger partial charge in [-0.25, -0.2) is 9.48 Å². The molecule has 7 nitrogen and oxygen atoms in total. The molecule has 1 aromatic heterocycles. The van der Waals surface area contributed by atoms with Gasteiger partial charge < -0.3 is 10.4 Å². The molecule has 1 amide bonds. The molecule has 0 radical (unpaired) electrons. The van der Waals surface area contributed by atoms with E-state index in [-0.39, 0.29) is 18.1 Å². The maximum atomic E-state index is 11.2. The zero-order valence-corrected chi connectivity index (χ0v) is 9.23. The fourth-order valence-electron chi connectivity index (χ4n) is 1.33. The van der Waals surface area contributed by atoms with Crippen LogP contribution in [-0.4, -0.2) is 39.0 Å². The van der Waals surface area contributed by atoms with Crippen LogP contribution in [0.1, 0.15) is 29.5 Å². The third-order valence-electron chi connectivity index (χ3n) is 2.10. The Labute approximate surface area is 92.4 Å². The van der Waals surface area contributed by atoms with Crippen LogP contribution < -0.4 is 5.32 Å². The zero-order valence-electron chi connectivity index (χ0n) is 9.23. The summed E-state index contributed by atoms with van der Waals surface area (Å²) in [5, 5.41) is 18.6.